The molecule has 0 radical (unpaired) electrons. The number of thiazole rings is 1. The Morgan fingerprint density at radius 3 is 2.90 bits per heavy atom. The first-order valence-electron chi connectivity index (χ1n) is 6.83. The summed E-state index contributed by atoms with van der Waals surface area (Å²) in [5.74, 6) is 0. The van der Waals surface area contributed by atoms with E-state index >= 15 is 0 Å². The van der Waals surface area contributed by atoms with Crippen molar-refractivity contribution >= 4 is 16.3 Å². The summed E-state index contributed by atoms with van der Waals surface area (Å²) in [7, 11) is 0. The lowest BCUT2D eigenvalue weighted by Gasteiger charge is -2.06. The van der Waals surface area contributed by atoms with Crippen LogP contribution in [0, 0.1) is 13.8 Å². The van der Waals surface area contributed by atoms with Gasteiger partial charge in [0.05, 0.1) is 11.4 Å². The van der Waals surface area contributed by atoms with Crippen LogP contribution in [0.5, 0.6) is 0 Å². The van der Waals surface area contributed by atoms with Crippen molar-refractivity contribution in [3.05, 3.63) is 46.6 Å². The van der Waals surface area contributed by atoms with Crippen LogP contribution in [0.2, 0.25) is 0 Å². The van der Waals surface area contributed by atoms with Crippen LogP contribution in [0.25, 0.3) is 16.2 Å². The van der Waals surface area contributed by atoms with E-state index in [2.05, 4.69) is 53.0 Å². The predicted molar refractivity (Wildman–Crippen MR) is 85.3 cm³/mol. The Bertz CT molecular complexity index is 752. The van der Waals surface area contributed by atoms with Crippen LogP contribution in [-0.4, -0.2) is 15.4 Å². The second-order valence-electron chi connectivity index (χ2n) is 5.51. The van der Waals surface area contributed by atoms with Crippen molar-refractivity contribution < 1.29 is 0 Å². The number of nitrogens with zero attached hydrogens (tertiary/aromatic N) is 2. The molecule has 0 aliphatic rings. The number of fused-ring (bicyclic) bond motifs is 1. The van der Waals surface area contributed by atoms with Gasteiger partial charge in [-0.15, -0.1) is 11.3 Å². The first kappa shape index (κ1) is 13.3. The molecule has 1 atom stereocenters. The Morgan fingerprint density at radius 1 is 1.35 bits per heavy atom. The first-order chi connectivity index (χ1) is 9.54. The third-order valence-corrected chi connectivity index (χ3v) is 4.30. The Labute approximate surface area is 123 Å². The van der Waals surface area contributed by atoms with Crippen LogP contribution in [0.1, 0.15) is 23.7 Å². The summed E-state index contributed by atoms with van der Waals surface area (Å²) in [6, 6.07) is 6.71. The van der Waals surface area contributed by atoms with Crippen molar-refractivity contribution in [2.45, 2.75) is 33.2 Å². The van der Waals surface area contributed by atoms with E-state index in [4.69, 9.17) is 5.73 Å². The van der Waals surface area contributed by atoms with Crippen molar-refractivity contribution in [3.8, 4) is 11.3 Å². The molecule has 0 saturated heterocycles. The van der Waals surface area contributed by atoms with Gasteiger partial charge in [-0.2, -0.15) is 0 Å². The van der Waals surface area contributed by atoms with Gasteiger partial charge in [-0.05, 0) is 32.4 Å². The molecule has 0 spiro atoms. The van der Waals surface area contributed by atoms with Crippen molar-refractivity contribution in [1.82, 2.24) is 9.38 Å². The number of imidazole rings is 1. The topological polar surface area (TPSA) is 43.3 Å². The summed E-state index contributed by atoms with van der Waals surface area (Å²) in [5, 5.41) is 2.18. The zero-order valence-corrected chi connectivity index (χ0v) is 12.9. The normalized spacial score (nSPS) is 13.0. The second kappa shape index (κ2) is 5.04. The number of hydrogen-bond donors (Lipinski definition) is 1. The molecule has 0 bridgehead atoms. The highest BCUT2D eigenvalue weighted by molar-refractivity contribution is 7.15. The molecule has 0 amide bonds. The fraction of sp³-hybridized carbons (Fsp3) is 0.312. The largest absolute Gasteiger partial charge is 0.328 e. The Hall–Kier alpha value is -1.65. The minimum absolute atomic E-state index is 0.142. The van der Waals surface area contributed by atoms with E-state index < -0.39 is 0 Å². The lowest BCUT2D eigenvalue weighted by atomic mass is 10.0. The van der Waals surface area contributed by atoms with E-state index in [0.29, 0.717) is 0 Å². The maximum absolute atomic E-state index is 5.86. The molecule has 0 aliphatic heterocycles. The van der Waals surface area contributed by atoms with Gasteiger partial charge >= 0.3 is 0 Å². The summed E-state index contributed by atoms with van der Waals surface area (Å²) < 4.78 is 2.18. The molecule has 20 heavy (non-hydrogen) atoms. The molecular weight excluding hydrogens is 266 g/mol. The van der Waals surface area contributed by atoms with E-state index in [1.54, 1.807) is 11.3 Å². The zero-order valence-electron chi connectivity index (χ0n) is 12.1. The number of rotatable bonds is 3. The van der Waals surface area contributed by atoms with E-state index in [1.165, 1.54) is 22.4 Å². The van der Waals surface area contributed by atoms with E-state index in [0.717, 1.165) is 17.1 Å². The number of aryl methyl sites for hydroxylation is 2. The molecule has 4 heteroatoms. The van der Waals surface area contributed by atoms with Gasteiger partial charge in [-0.3, -0.25) is 4.40 Å². The Kier molecular flexibility index (Phi) is 3.36. The predicted octanol–water partition coefficient (Wildman–Crippen LogP) is 3.57. The summed E-state index contributed by atoms with van der Waals surface area (Å²) in [6.45, 7) is 6.29. The maximum Gasteiger partial charge on any atom is 0.194 e. The monoisotopic (exact) mass is 285 g/mol. The minimum Gasteiger partial charge on any atom is -0.328 e. The van der Waals surface area contributed by atoms with Crippen molar-refractivity contribution in [2.75, 3.05) is 0 Å². The molecule has 1 aromatic carbocycles. The lowest BCUT2D eigenvalue weighted by molar-refractivity contribution is 0.726. The molecule has 0 saturated carbocycles. The number of nitrogens with two attached hydrogens (primary N) is 1. The molecule has 0 fully saturated rings. The van der Waals surface area contributed by atoms with Crippen LogP contribution in [0.3, 0.4) is 0 Å². The van der Waals surface area contributed by atoms with Crippen molar-refractivity contribution in [3.63, 3.8) is 0 Å². The third-order valence-electron chi connectivity index (χ3n) is 3.46. The first-order valence-corrected chi connectivity index (χ1v) is 7.71. The van der Waals surface area contributed by atoms with Gasteiger partial charge in [0, 0.05) is 29.6 Å². The SMILES string of the molecule is Cc1ccc(C)c(-c2csc3nc(CC(C)N)cn23)c1. The Balaban J connectivity index is 2.11. The van der Waals surface area contributed by atoms with Crippen LogP contribution < -0.4 is 5.73 Å². The zero-order chi connectivity index (χ0) is 14.3. The van der Waals surface area contributed by atoms with Gasteiger partial charge < -0.3 is 5.73 Å². The molecule has 3 nitrogen and oxygen atoms in total. The van der Waals surface area contributed by atoms with Gasteiger partial charge in [0.2, 0.25) is 0 Å². The average Bonchev–Trinajstić information content (AvgIpc) is 2.91. The fourth-order valence-electron chi connectivity index (χ4n) is 2.46. The van der Waals surface area contributed by atoms with E-state index in [1.807, 2.05) is 6.92 Å². The van der Waals surface area contributed by atoms with E-state index in [-0.39, 0.29) is 6.04 Å². The van der Waals surface area contributed by atoms with Gasteiger partial charge in [-0.1, -0.05) is 17.7 Å². The fourth-order valence-corrected chi connectivity index (χ4v) is 3.36. The molecule has 2 heterocycles. The average molecular weight is 285 g/mol. The minimum atomic E-state index is 0.142. The van der Waals surface area contributed by atoms with Crippen molar-refractivity contribution in [2.24, 2.45) is 5.73 Å². The van der Waals surface area contributed by atoms with Crippen molar-refractivity contribution in [1.29, 1.82) is 0 Å². The van der Waals surface area contributed by atoms with Crippen LogP contribution in [-0.2, 0) is 6.42 Å². The highest BCUT2D eigenvalue weighted by atomic mass is 32.1. The third kappa shape index (κ3) is 2.37. The highest BCUT2D eigenvalue weighted by Crippen LogP contribution is 2.29. The van der Waals surface area contributed by atoms with Crippen LogP contribution in [0.15, 0.2) is 29.8 Å². The van der Waals surface area contributed by atoms with Crippen LogP contribution >= 0.6 is 11.3 Å². The number of aromatic nitrogens is 2. The maximum atomic E-state index is 5.86. The Morgan fingerprint density at radius 2 is 2.15 bits per heavy atom. The van der Waals surface area contributed by atoms with Crippen LogP contribution in [0.4, 0.5) is 0 Å². The van der Waals surface area contributed by atoms with Gasteiger partial charge in [0.1, 0.15) is 0 Å². The summed E-state index contributed by atoms with van der Waals surface area (Å²) in [4.78, 5) is 5.69. The molecule has 1 unspecified atom stereocenters. The molecule has 0 aliphatic carbocycles. The lowest BCUT2D eigenvalue weighted by Crippen LogP contribution is -2.17. The summed E-state index contributed by atoms with van der Waals surface area (Å²) in [5.41, 5.74) is 12.0. The number of benzene rings is 1. The van der Waals surface area contributed by atoms with Gasteiger partial charge in [-0.25, -0.2) is 4.98 Å². The molecule has 3 aromatic rings. The second-order valence-corrected chi connectivity index (χ2v) is 6.34. The highest BCUT2D eigenvalue weighted by Gasteiger charge is 2.12. The molecule has 2 N–H and O–H groups in total. The number of hydrogen-bond acceptors (Lipinski definition) is 3. The molecular formula is C16H19N3S. The quantitative estimate of drug-likeness (QED) is 0.799. The standard InChI is InChI=1S/C16H19N3S/c1-10-4-5-11(2)14(6-10)15-9-20-16-18-13(7-12(3)17)8-19(15)16/h4-6,8-9,12H,7,17H2,1-3H3. The summed E-state index contributed by atoms with van der Waals surface area (Å²) >= 11 is 1.68. The molecule has 104 valence electrons. The molecule has 2 aromatic heterocycles. The smallest absolute Gasteiger partial charge is 0.194 e. The molecule has 3 rings (SSSR count). The van der Waals surface area contributed by atoms with Gasteiger partial charge in [0.15, 0.2) is 4.96 Å². The summed E-state index contributed by atoms with van der Waals surface area (Å²) in [6.07, 6.45) is 2.94. The van der Waals surface area contributed by atoms with Gasteiger partial charge in [0.25, 0.3) is 0 Å². The van der Waals surface area contributed by atoms with E-state index in [9.17, 15) is 0 Å².